The highest BCUT2D eigenvalue weighted by Gasteiger charge is 2.37. The average Bonchev–Trinajstić information content (AvgIpc) is 3.31. The lowest BCUT2D eigenvalue weighted by molar-refractivity contribution is -0.121. The molecule has 0 aliphatic carbocycles. The van der Waals surface area contributed by atoms with Gasteiger partial charge in [-0.15, -0.1) is 10.2 Å². The van der Waals surface area contributed by atoms with Crippen molar-refractivity contribution < 1.29 is 9.53 Å². The van der Waals surface area contributed by atoms with Gasteiger partial charge in [-0.25, -0.2) is 4.68 Å². The van der Waals surface area contributed by atoms with E-state index in [-0.39, 0.29) is 11.9 Å². The fourth-order valence-electron chi connectivity index (χ4n) is 3.77. The van der Waals surface area contributed by atoms with Crippen LogP contribution in [0.2, 0.25) is 0 Å². The monoisotopic (exact) mass is 457 g/mol. The quantitative estimate of drug-likeness (QED) is 0.455. The van der Waals surface area contributed by atoms with E-state index >= 15 is 0 Å². The van der Waals surface area contributed by atoms with Gasteiger partial charge in [-0.05, 0) is 23.3 Å². The van der Waals surface area contributed by atoms with Crippen LogP contribution < -0.4 is 15.5 Å². The first-order valence-electron chi connectivity index (χ1n) is 10.6. The molecule has 3 aromatic carbocycles. The van der Waals surface area contributed by atoms with Crippen molar-refractivity contribution in [3.05, 3.63) is 96.1 Å². The molecule has 8 heteroatoms. The van der Waals surface area contributed by atoms with E-state index in [2.05, 4.69) is 20.9 Å². The van der Waals surface area contributed by atoms with E-state index in [0.717, 1.165) is 28.3 Å². The lowest BCUT2D eigenvalue weighted by Crippen LogP contribution is -2.43. The van der Waals surface area contributed by atoms with Crippen LogP contribution in [0.25, 0.3) is 11.4 Å². The second-order valence-electron chi connectivity index (χ2n) is 7.63. The zero-order valence-corrected chi connectivity index (χ0v) is 18.8. The zero-order chi connectivity index (χ0) is 22.6. The van der Waals surface area contributed by atoms with Gasteiger partial charge in [-0.3, -0.25) is 4.79 Å². The highest BCUT2D eigenvalue weighted by molar-refractivity contribution is 8.00. The molecule has 0 saturated heterocycles. The van der Waals surface area contributed by atoms with Crippen molar-refractivity contribution in [3.63, 3.8) is 0 Å². The standard InChI is InChI=1S/C25H23N5O2S/c1-32-20-14-12-17(13-15-20)16-26-24(31)22-21(18-8-4-2-5-9-18)29-30-23(27-28-25(30)33-22)19-10-6-3-7-11-19/h2-15,21-22,29H,16H2,1H3,(H,26,31)/t21-,22+/m0/s1. The molecule has 2 atom stereocenters. The number of rotatable bonds is 6. The molecule has 0 unspecified atom stereocenters. The number of nitrogens with zero attached hydrogens (tertiary/aromatic N) is 3. The molecule has 1 aromatic heterocycles. The van der Waals surface area contributed by atoms with Crippen LogP contribution in [0.3, 0.4) is 0 Å². The van der Waals surface area contributed by atoms with Crippen molar-refractivity contribution in [2.45, 2.75) is 23.0 Å². The van der Waals surface area contributed by atoms with Crippen LogP contribution in [0.4, 0.5) is 0 Å². The number of aromatic nitrogens is 3. The van der Waals surface area contributed by atoms with Gasteiger partial charge >= 0.3 is 0 Å². The largest absolute Gasteiger partial charge is 0.497 e. The van der Waals surface area contributed by atoms with Gasteiger partial charge in [-0.1, -0.05) is 84.6 Å². The van der Waals surface area contributed by atoms with Crippen molar-refractivity contribution in [1.29, 1.82) is 0 Å². The van der Waals surface area contributed by atoms with Crippen molar-refractivity contribution in [2.24, 2.45) is 0 Å². The number of amides is 1. The third-order valence-corrected chi connectivity index (χ3v) is 6.73. The number of nitrogens with one attached hydrogen (secondary N) is 2. The molecule has 0 bridgehead atoms. The van der Waals surface area contributed by atoms with E-state index in [1.165, 1.54) is 11.8 Å². The minimum absolute atomic E-state index is 0.0623. The minimum atomic E-state index is -0.411. The van der Waals surface area contributed by atoms with Gasteiger partial charge in [0.05, 0.1) is 13.2 Å². The maximum absolute atomic E-state index is 13.3. The number of ether oxygens (including phenoxy) is 1. The molecule has 7 nitrogen and oxygen atoms in total. The van der Waals surface area contributed by atoms with E-state index in [1.807, 2.05) is 89.6 Å². The summed E-state index contributed by atoms with van der Waals surface area (Å²) < 4.78 is 7.09. The summed E-state index contributed by atoms with van der Waals surface area (Å²) in [5, 5.41) is 12.1. The third-order valence-electron chi connectivity index (χ3n) is 5.51. The molecule has 1 aliphatic heterocycles. The van der Waals surface area contributed by atoms with Gasteiger partial charge in [0.2, 0.25) is 11.1 Å². The fourth-order valence-corrected chi connectivity index (χ4v) is 4.88. The van der Waals surface area contributed by atoms with E-state index in [4.69, 9.17) is 4.74 Å². The summed E-state index contributed by atoms with van der Waals surface area (Å²) in [7, 11) is 1.63. The number of hydrogen-bond donors (Lipinski definition) is 2. The van der Waals surface area contributed by atoms with Crippen molar-refractivity contribution >= 4 is 17.7 Å². The molecular weight excluding hydrogens is 434 g/mol. The van der Waals surface area contributed by atoms with Crippen molar-refractivity contribution in [2.75, 3.05) is 12.5 Å². The van der Waals surface area contributed by atoms with Crippen LogP contribution >= 0.6 is 11.8 Å². The Hall–Kier alpha value is -3.78. The first-order chi connectivity index (χ1) is 16.2. The molecule has 4 aromatic rings. The number of fused-ring (bicyclic) bond motifs is 1. The SMILES string of the molecule is COc1ccc(CNC(=O)[C@@H]2Sc3nnc(-c4ccccc4)n3N[C@H]2c2ccccc2)cc1. The summed E-state index contributed by atoms with van der Waals surface area (Å²) in [6.07, 6.45) is 0. The Morgan fingerprint density at radius 1 is 1.00 bits per heavy atom. The Labute approximate surface area is 196 Å². The number of methoxy groups -OCH3 is 1. The minimum Gasteiger partial charge on any atom is -0.497 e. The van der Waals surface area contributed by atoms with Gasteiger partial charge < -0.3 is 15.5 Å². The predicted octanol–water partition coefficient (Wildman–Crippen LogP) is 4.03. The number of carbonyl (C=O) groups is 1. The number of hydrogen-bond acceptors (Lipinski definition) is 6. The first kappa shape index (κ1) is 21.1. The summed E-state index contributed by atoms with van der Waals surface area (Å²) in [5.41, 5.74) is 6.48. The summed E-state index contributed by atoms with van der Waals surface area (Å²) in [6.45, 7) is 0.434. The Morgan fingerprint density at radius 3 is 2.39 bits per heavy atom. The van der Waals surface area contributed by atoms with Crippen LogP contribution in [-0.4, -0.2) is 33.1 Å². The lowest BCUT2D eigenvalue weighted by Gasteiger charge is -2.33. The normalized spacial score (nSPS) is 17.0. The average molecular weight is 458 g/mol. The van der Waals surface area contributed by atoms with Crippen LogP contribution in [0.1, 0.15) is 17.2 Å². The molecule has 1 aliphatic rings. The topological polar surface area (TPSA) is 81.1 Å². The van der Waals surface area contributed by atoms with Crippen LogP contribution in [-0.2, 0) is 11.3 Å². The number of carbonyl (C=O) groups excluding carboxylic acids is 1. The second kappa shape index (κ2) is 9.38. The molecule has 33 heavy (non-hydrogen) atoms. The molecule has 0 fully saturated rings. The summed E-state index contributed by atoms with van der Waals surface area (Å²) in [4.78, 5) is 13.3. The van der Waals surface area contributed by atoms with E-state index in [1.54, 1.807) is 7.11 Å². The fraction of sp³-hybridized carbons (Fsp3) is 0.160. The molecule has 2 N–H and O–H groups in total. The molecule has 0 spiro atoms. The second-order valence-corrected chi connectivity index (χ2v) is 8.74. The highest BCUT2D eigenvalue weighted by atomic mass is 32.2. The molecule has 2 heterocycles. The van der Waals surface area contributed by atoms with Gasteiger partial charge in [0.1, 0.15) is 11.0 Å². The van der Waals surface area contributed by atoms with Gasteiger partial charge in [-0.2, -0.15) is 0 Å². The predicted molar refractivity (Wildman–Crippen MR) is 128 cm³/mol. The number of benzene rings is 3. The summed E-state index contributed by atoms with van der Waals surface area (Å²) in [6, 6.07) is 27.3. The maximum Gasteiger partial charge on any atom is 0.236 e. The maximum atomic E-state index is 13.3. The van der Waals surface area contributed by atoms with E-state index in [9.17, 15) is 4.79 Å². The smallest absolute Gasteiger partial charge is 0.236 e. The summed E-state index contributed by atoms with van der Waals surface area (Å²) in [5.74, 6) is 1.44. The van der Waals surface area contributed by atoms with Gasteiger partial charge in [0.25, 0.3) is 0 Å². The van der Waals surface area contributed by atoms with Crippen molar-refractivity contribution in [1.82, 2.24) is 20.2 Å². The molecule has 1 amide bonds. The van der Waals surface area contributed by atoms with E-state index in [0.29, 0.717) is 11.7 Å². The van der Waals surface area contributed by atoms with Crippen LogP contribution in [0, 0.1) is 0 Å². The summed E-state index contributed by atoms with van der Waals surface area (Å²) >= 11 is 1.42. The molecule has 166 valence electrons. The Morgan fingerprint density at radius 2 is 1.70 bits per heavy atom. The molecule has 5 rings (SSSR count). The van der Waals surface area contributed by atoms with Crippen LogP contribution in [0.15, 0.2) is 90.1 Å². The highest BCUT2D eigenvalue weighted by Crippen LogP contribution is 2.38. The van der Waals surface area contributed by atoms with Crippen LogP contribution in [0.5, 0.6) is 5.75 Å². The van der Waals surface area contributed by atoms with E-state index < -0.39 is 5.25 Å². The van der Waals surface area contributed by atoms with Gasteiger partial charge in [0, 0.05) is 12.1 Å². The third kappa shape index (κ3) is 4.42. The first-order valence-corrected chi connectivity index (χ1v) is 11.5. The molecule has 0 saturated carbocycles. The van der Waals surface area contributed by atoms with Gasteiger partial charge in [0.15, 0.2) is 5.82 Å². The Balaban J connectivity index is 1.41. The Bertz CT molecular complexity index is 1230. The number of thioether (sulfide) groups is 1. The molecular formula is C25H23N5O2S. The lowest BCUT2D eigenvalue weighted by atomic mass is 10.0. The molecule has 0 radical (unpaired) electrons. The zero-order valence-electron chi connectivity index (χ0n) is 18.0. The van der Waals surface area contributed by atoms with Crippen molar-refractivity contribution in [3.8, 4) is 17.1 Å². The Kier molecular flexibility index (Phi) is 5.99.